The molecule has 0 saturated heterocycles. The van der Waals surface area contributed by atoms with E-state index in [4.69, 9.17) is 0 Å². The number of nitrogens with zero attached hydrogens (tertiary/aromatic N) is 1. The van der Waals surface area contributed by atoms with Gasteiger partial charge < -0.3 is 15.3 Å². The second-order valence-electron chi connectivity index (χ2n) is 14.7. The number of allylic oxidation sites excluding steroid dienone is 1. The van der Waals surface area contributed by atoms with Crippen molar-refractivity contribution in [3.05, 3.63) is 47.5 Å². The van der Waals surface area contributed by atoms with Gasteiger partial charge >= 0.3 is 0 Å². The Labute approximate surface area is 235 Å². The molecule has 0 bridgehead atoms. The molecule has 39 heavy (non-hydrogen) atoms. The molecule has 3 saturated carbocycles. The van der Waals surface area contributed by atoms with E-state index in [1.807, 2.05) is 58.2 Å². The normalized spacial score (nSPS) is 36.6. The fraction of sp³-hybridized carbons (Fsp3) is 0.706. The van der Waals surface area contributed by atoms with Gasteiger partial charge in [-0.25, -0.2) is 0 Å². The second-order valence-corrected chi connectivity index (χ2v) is 14.7. The maximum atomic E-state index is 14.3. The molecule has 214 valence electrons. The summed E-state index contributed by atoms with van der Waals surface area (Å²) < 4.78 is 0. The smallest absolute Gasteiger partial charge is 0.243 e. The molecule has 5 unspecified atom stereocenters. The van der Waals surface area contributed by atoms with Crippen molar-refractivity contribution in [1.29, 1.82) is 0 Å². The van der Waals surface area contributed by atoms with Gasteiger partial charge in [-0.1, -0.05) is 55.8 Å². The molecule has 5 heteroatoms. The molecule has 0 aliphatic heterocycles. The number of carbonyl (C=O) groups is 2. The van der Waals surface area contributed by atoms with Gasteiger partial charge in [-0.2, -0.15) is 0 Å². The molecule has 0 radical (unpaired) electrons. The van der Waals surface area contributed by atoms with Crippen LogP contribution in [0.5, 0.6) is 0 Å². The van der Waals surface area contributed by atoms with Gasteiger partial charge in [0.2, 0.25) is 11.8 Å². The summed E-state index contributed by atoms with van der Waals surface area (Å²) in [5.74, 6) is 1.82. The summed E-state index contributed by atoms with van der Waals surface area (Å²) in [6.45, 7) is 10.8. The van der Waals surface area contributed by atoms with Crippen LogP contribution < -0.4 is 5.32 Å². The Hall–Kier alpha value is -2.14. The van der Waals surface area contributed by atoms with E-state index >= 15 is 0 Å². The summed E-state index contributed by atoms with van der Waals surface area (Å²) in [5.41, 5.74) is 2.37. The first-order valence-corrected chi connectivity index (χ1v) is 15.3. The predicted molar refractivity (Wildman–Crippen MR) is 156 cm³/mol. The second kappa shape index (κ2) is 10.4. The van der Waals surface area contributed by atoms with Crippen LogP contribution in [0, 0.1) is 34.5 Å². The number of hydrogen-bond acceptors (Lipinski definition) is 3. The lowest BCUT2D eigenvalue weighted by molar-refractivity contribution is -0.147. The van der Waals surface area contributed by atoms with Crippen molar-refractivity contribution in [3.8, 4) is 0 Å². The third-order valence-electron chi connectivity index (χ3n) is 11.3. The SMILES string of the molecule is CN(C(=O)C1CCC2C3CC=C4C[C@@H](O)CCC4(C)C3CC[C@]12C)[C@H](Cc1ccccc1)C(=O)NC(C)(C)C. The van der Waals surface area contributed by atoms with Gasteiger partial charge in [0.25, 0.3) is 0 Å². The average Bonchev–Trinajstić information content (AvgIpc) is 3.23. The minimum atomic E-state index is -0.536. The van der Waals surface area contributed by atoms with Crippen molar-refractivity contribution in [2.45, 2.75) is 110 Å². The van der Waals surface area contributed by atoms with Gasteiger partial charge in [0.1, 0.15) is 6.04 Å². The van der Waals surface area contributed by atoms with Gasteiger partial charge in [0.15, 0.2) is 0 Å². The maximum absolute atomic E-state index is 14.3. The number of nitrogens with one attached hydrogen (secondary N) is 1. The van der Waals surface area contributed by atoms with E-state index in [1.54, 1.807) is 4.90 Å². The highest BCUT2D eigenvalue weighted by Crippen LogP contribution is 2.66. The van der Waals surface area contributed by atoms with Crippen LogP contribution >= 0.6 is 0 Å². The molecule has 5 rings (SSSR count). The number of likely N-dealkylation sites (N-methyl/N-ethyl adjacent to an activating group) is 1. The van der Waals surface area contributed by atoms with E-state index in [0.717, 1.165) is 56.9 Å². The molecule has 2 amide bonds. The van der Waals surface area contributed by atoms with Gasteiger partial charge in [-0.05, 0) is 106 Å². The number of carbonyl (C=O) groups excluding carboxylic acids is 2. The van der Waals surface area contributed by atoms with Crippen LogP contribution in [0.25, 0.3) is 0 Å². The van der Waals surface area contributed by atoms with Crippen LogP contribution in [-0.4, -0.2) is 46.6 Å². The van der Waals surface area contributed by atoms with Crippen LogP contribution in [0.15, 0.2) is 42.0 Å². The summed E-state index contributed by atoms with van der Waals surface area (Å²) in [6.07, 6.45) is 11.0. The number of rotatable bonds is 5. The lowest BCUT2D eigenvalue weighted by Crippen LogP contribution is -2.56. The fourth-order valence-electron chi connectivity index (χ4n) is 9.14. The molecular formula is C34H50N2O3. The zero-order chi connectivity index (χ0) is 28.2. The van der Waals surface area contributed by atoms with Gasteiger partial charge in [-0.3, -0.25) is 9.59 Å². The van der Waals surface area contributed by atoms with Gasteiger partial charge in [-0.15, -0.1) is 0 Å². The Morgan fingerprint density at radius 1 is 1.05 bits per heavy atom. The number of hydrogen-bond donors (Lipinski definition) is 2. The summed E-state index contributed by atoms with van der Waals surface area (Å²) in [7, 11) is 1.85. The summed E-state index contributed by atoms with van der Waals surface area (Å²) >= 11 is 0. The Morgan fingerprint density at radius 2 is 1.77 bits per heavy atom. The topological polar surface area (TPSA) is 69.6 Å². The van der Waals surface area contributed by atoms with Crippen LogP contribution in [0.4, 0.5) is 0 Å². The first-order valence-electron chi connectivity index (χ1n) is 15.3. The number of benzene rings is 1. The third-order valence-corrected chi connectivity index (χ3v) is 11.3. The van der Waals surface area contributed by atoms with Crippen LogP contribution in [0.3, 0.4) is 0 Å². The molecule has 0 heterocycles. The van der Waals surface area contributed by atoms with Crippen LogP contribution in [-0.2, 0) is 16.0 Å². The van der Waals surface area contributed by atoms with Crippen LogP contribution in [0.1, 0.15) is 91.5 Å². The van der Waals surface area contributed by atoms with E-state index in [0.29, 0.717) is 24.2 Å². The molecule has 4 aliphatic carbocycles. The van der Waals surface area contributed by atoms with E-state index in [-0.39, 0.29) is 40.2 Å². The van der Waals surface area contributed by atoms with Crippen molar-refractivity contribution in [1.82, 2.24) is 10.2 Å². The lowest BCUT2D eigenvalue weighted by atomic mass is 9.47. The van der Waals surface area contributed by atoms with Crippen molar-refractivity contribution >= 4 is 11.8 Å². The molecule has 2 N–H and O–H groups in total. The van der Waals surface area contributed by atoms with Gasteiger partial charge in [0, 0.05) is 24.9 Å². The van der Waals surface area contributed by atoms with E-state index in [9.17, 15) is 14.7 Å². The Balaban J connectivity index is 1.37. The number of amides is 2. The summed E-state index contributed by atoms with van der Waals surface area (Å²) in [4.78, 5) is 29.6. The highest BCUT2D eigenvalue weighted by molar-refractivity contribution is 5.89. The molecular weight excluding hydrogens is 484 g/mol. The minimum Gasteiger partial charge on any atom is -0.393 e. The third kappa shape index (κ3) is 5.21. The standard InChI is InChI=1S/C34H50N2O3/c1-32(2,3)35-30(38)29(20-22-10-8-7-9-11-22)36(6)31(39)28-15-14-26-25-13-12-23-21-24(37)16-18-33(23,4)27(25)17-19-34(26,28)5/h7-12,24-29,37H,13-21H2,1-6H3,(H,35,38)/t24-,25?,26?,27?,28?,29+,33?,34-/m0/s1. The number of fused-ring (bicyclic) bond motifs is 5. The Kier molecular flexibility index (Phi) is 7.54. The molecule has 0 aromatic heterocycles. The zero-order valence-electron chi connectivity index (χ0n) is 25.0. The van der Waals surface area contributed by atoms with Crippen LogP contribution in [0.2, 0.25) is 0 Å². The molecule has 0 spiro atoms. The fourth-order valence-corrected chi connectivity index (χ4v) is 9.14. The average molecular weight is 535 g/mol. The Morgan fingerprint density at radius 3 is 2.46 bits per heavy atom. The largest absolute Gasteiger partial charge is 0.393 e. The van der Waals surface area contributed by atoms with E-state index in [2.05, 4.69) is 25.2 Å². The lowest BCUT2D eigenvalue weighted by Gasteiger charge is -2.58. The van der Waals surface area contributed by atoms with E-state index in [1.165, 1.54) is 5.57 Å². The number of aliphatic hydroxyl groups excluding tert-OH is 1. The minimum absolute atomic E-state index is 0.0276. The first kappa shape index (κ1) is 28.4. The molecule has 5 nitrogen and oxygen atoms in total. The van der Waals surface area contributed by atoms with Crippen molar-refractivity contribution < 1.29 is 14.7 Å². The highest BCUT2D eigenvalue weighted by Gasteiger charge is 2.60. The molecule has 1 aromatic rings. The quantitative estimate of drug-likeness (QED) is 0.462. The predicted octanol–water partition coefficient (Wildman–Crippen LogP) is 5.91. The van der Waals surface area contributed by atoms with Crippen molar-refractivity contribution in [2.75, 3.05) is 7.05 Å². The van der Waals surface area contributed by atoms with Crippen molar-refractivity contribution in [3.63, 3.8) is 0 Å². The van der Waals surface area contributed by atoms with E-state index < -0.39 is 6.04 Å². The molecule has 8 atom stereocenters. The molecule has 1 aromatic carbocycles. The molecule has 3 fully saturated rings. The zero-order valence-corrected chi connectivity index (χ0v) is 25.0. The van der Waals surface area contributed by atoms with Gasteiger partial charge in [0.05, 0.1) is 6.10 Å². The first-order chi connectivity index (χ1) is 18.3. The number of aliphatic hydroxyl groups is 1. The highest BCUT2D eigenvalue weighted by atomic mass is 16.3. The Bertz CT molecular complexity index is 1110. The summed E-state index contributed by atoms with van der Waals surface area (Å²) in [5, 5.41) is 13.5. The maximum Gasteiger partial charge on any atom is 0.243 e. The molecule has 4 aliphatic rings. The summed E-state index contributed by atoms with van der Waals surface area (Å²) in [6, 6.07) is 9.52. The van der Waals surface area contributed by atoms with Crippen molar-refractivity contribution in [2.24, 2.45) is 34.5 Å². The monoisotopic (exact) mass is 534 g/mol.